The van der Waals surface area contributed by atoms with Crippen molar-refractivity contribution in [2.24, 2.45) is 11.8 Å². The maximum atomic E-state index is 12.5. The summed E-state index contributed by atoms with van der Waals surface area (Å²) in [6, 6.07) is 8.83. The van der Waals surface area contributed by atoms with E-state index in [1.807, 2.05) is 4.90 Å². The Morgan fingerprint density at radius 2 is 1.95 bits per heavy atom. The van der Waals surface area contributed by atoms with Gasteiger partial charge in [-0.3, -0.25) is 0 Å². The molecule has 3 heteroatoms. The fourth-order valence-corrected chi connectivity index (χ4v) is 4.22. The summed E-state index contributed by atoms with van der Waals surface area (Å²) in [5, 5.41) is 3.19. The van der Waals surface area contributed by atoms with Crippen molar-refractivity contribution in [3.8, 4) is 0 Å². The second kappa shape index (κ2) is 6.72. The molecule has 1 N–H and O–H groups in total. The molecule has 3 atom stereocenters. The van der Waals surface area contributed by atoms with Gasteiger partial charge in [0, 0.05) is 25.6 Å². The van der Waals surface area contributed by atoms with E-state index >= 15 is 0 Å². The lowest BCUT2D eigenvalue weighted by Crippen LogP contribution is -2.48. The lowest BCUT2D eigenvalue weighted by molar-refractivity contribution is 0.145. The Labute approximate surface area is 134 Å². The molecule has 3 unspecified atom stereocenters. The van der Waals surface area contributed by atoms with Crippen molar-refractivity contribution >= 4 is 6.03 Å². The van der Waals surface area contributed by atoms with Gasteiger partial charge in [-0.2, -0.15) is 0 Å². The minimum absolute atomic E-state index is 0.126. The van der Waals surface area contributed by atoms with Gasteiger partial charge in [-0.15, -0.1) is 0 Å². The van der Waals surface area contributed by atoms with Crippen LogP contribution in [0.15, 0.2) is 24.3 Å². The second-order valence-electron chi connectivity index (χ2n) is 7.33. The van der Waals surface area contributed by atoms with E-state index in [-0.39, 0.29) is 6.03 Å². The Morgan fingerprint density at radius 3 is 2.73 bits per heavy atom. The van der Waals surface area contributed by atoms with Crippen LogP contribution in [0.2, 0.25) is 0 Å². The smallest absolute Gasteiger partial charge is 0.317 e. The number of urea groups is 1. The van der Waals surface area contributed by atoms with Crippen molar-refractivity contribution in [3.05, 3.63) is 35.4 Å². The zero-order valence-electron chi connectivity index (χ0n) is 13.8. The number of rotatable bonds is 2. The quantitative estimate of drug-likeness (QED) is 0.885. The van der Waals surface area contributed by atoms with Crippen LogP contribution in [0.4, 0.5) is 4.79 Å². The zero-order chi connectivity index (χ0) is 15.5. The maximum absolute atomic E-state index is 12.5. The number of nitrogens with zero attached hydrogens (tertiary/aromatic N) is 1. The number of carbonyl (C=O) groups excluding carboxylic acids is 1. The molecule has 1 aromatic carbocycles. The van der Waals surface area contributed by atoms with E-state index in [1.165, 1.54) is 36.8 Å². The van der Waals surface area contributed by atoms with Gasteiger partial charge in [0.15, 0.2) is 0 Å². The first-order valence-corrected chi connectivity index (χ1v) is 8.74. The maximum Gasteiger partial charge on any atom is 0.317 e. The van der Waals surface area contributed by atoms with Crippen LogP contribution in [-0.4, -0.2) is 30.6 Å². The molecule has 120 valence electrons. The second-order valence-corrected chi connectivity index (χ2v) is 7.33. The number of likely N-dealkylation sites (tertiary alicyclic amines) is 1. The van der Waals surface area contributed by atoms with Crippen LogP contribution in [0.5, 0.6) is 0 Å². The van der Waals surface area contributed by atoms with Crippen molar-refractivity contribution in [2.75, 3.05) is 19.6 Å². The van der Waals surface area contributed by atoms with Crippen LogP contribution in [0, 0.1) is 11.8 Å². The topological polar surface area (TPSA) is 32.3 Å². The van der Waals surface area contributed by atoms with E-state index in [2.05, 4.69) is 43.4 Å². The van der Waals surface area contributed by atoms with Crippen LogP contribution in [0.3, 0.4) is 0 Å². The van der Waals surface area contributed by atoms with Gasteiger partial charge in [0.05, 0.1) is 0 Å². The largest absolute Gasteiger partial charge is 0.337 e. The molecule has 2 amide bonds. The molecule has 1 aliphatic carbocycles. The predicted octanol–water partition coefficient (Wildman–Crippen LogP) is 3.79. The predicted molar refractivity (Wildman–Crippen MR) is 90.0 cm³/mol. The van der Waals surface area contributed by atoms with Crippen molar-refractivity contribution in [1.82, 2.24) is 10.2 Å². The number of carbonyl (C=O) groups is 1. The summed E-state index contributed by atoms with van der Waals surface area (Å²) in [5.41, 5.74) is 2.91. The van der Waals surface area contributed by atoms with Crippen LogP contribution < -0.4 is 5.32 Å². The highest BCUT2D eigenvalue weighted by atomic mass is 16.2. The average molecular weight is 300 g/mol. The third-order valence-corrected chi connectivity index (χ3v) is 5.15. The fraction of sp³-hybridized carbons (Fsp3) is 0.632. The van der Waals surface area contributed by atoms with E-state index in [4.69, 9.17) is 0 Å². The molecule has 0 bridgehead atoms. The highest BCUT2D eigenvalue weighted by Gasteiger charge is 2.26. The molecule has 22 heavy (non-hydrogen) atoms. The van der Waals surface area contributed by atoms with Crippen molar-refractivity contribution < 1.29 is 4.79 Å². The van der Waals surface area contributed by atoms with Crippen molar-refractivity contribution in [1.29, 1.82) is 0 Å². The van der Waals surface area contributed by atoms with Crippen molar-refractivity contribution in [2.45, 2.75) is 45.4 Å². The van der Waals surface area contributed by atoms with Gasteiger partial charge in [-0.1, -0.05) is 38.1 Å². The van der Waals surface area contributed by atoms with E-state index in [0.29, 0.717) is 17.8 Å². The van der Waals surface area contributed by atoms with Crippen LogP contribution in [0.1, 0.15) is 50.2 Å². The highest BCUT2D eigenvalue weighted by molar-refractivity contribution is 5.74. The summed E-state index contributed by atoms with van der Waals surface area (Å²) in [4.78, 5) is 14.5. The highest BCUT2D eigenvalue weighted by Crippen LogP contribution is 2.31. The SMILES string of the molecule is CC1CC(C)CN(C(=O)NCC2CCCc3ccccc32)C1. The van der Waals surface area contributed by atoms with Gasteiger partial charge in [0.25, 0.3) is 0 Å². The molecule has 2 aliphatic rings. The van der Waals surface area contributed by atoms with E-state index in [9.17, 15) is 4.79 Å². The number of hydrogen-bond acceptors (Lipinski definition) is 1. The standard InChI is InChI=1S/C19H28N2O/c1-14-10-15(2)13-21(12-14)19(22)20-11-17-8-5-7-16-6-3-4-9-18(16)17/h3-4,6,9,14-15,17H,5,7-8,10-13H2,1-2H3,(H,20,22). The monoisotopic (exact) mass is 300 g/mol. The third kappa shape index (κ3) is 3.45. The lowest BCUT2D eigenvalue weighted by atomic mass is 9.83. The Hall–Kier alpha value is -1.51. The summed E-state index contributed by atoms with van der Waals surface area (Å²) in [5.74, 6) is 1.71. The third-order valence-electron chi connectivity index (χ3n) is 5.15. The zero-order valence-corrected chi connectivity index (χ0v) is 13.8. The molecular weight excluding hydrogens is 272 g/mol. The van der Waals surface area contributed by atoms with E-state index in [1.54, 1.807) is 0 Å². The first-order chi connectivity index (χ1) is 10.6. The molecular formula is C19H28N2O. The molecule has 1 heterocycles. The van der Waals surface area contributed by atoms with Gasteiger partial charge in [-0.05, 0) is 48.6 Å². The Kier molecular flexibility index (Phi) is 4.70. The van der Waals surface area contributed by atoms with Gasteiger partial charge >= 0.3 is 6.03 Å². The molecule has 3 nitrogen and oxygen atoms in total. The molecule has 1 fully saturated rings. The van der Waals surface area contributed by atoms with Crippen LogP contribution in [0.25, 0.3) is 0 Å². The molecule has 1 aliphatic heterocycles. The minimum Gasteiger partial charge on any atom is -0.337 e. The first-order valence-electron chi connectivity index (χ1n) is 8.74. The molecule has 0 saturated carbocycles. The minimum atomic E-state index is 0.126. The summed E-state index contributed by atoms with van der Waals surface area (Å²) in [7, 11) is 0. The number of hydrogen-bond donors (Lipinski definition) is 1. The Bertz CT molecular complexity index is 518. The molecule has 0 aromatic heterocycles. The van der Waals surface area contributed by atoms with Crippen LogP contribution >= 0.6 is 0 Å². The summed E-state index contributed by atoms with van der Waals surface area (Å²) >= 11 is 0. The summed E-state index contributed by atoms with van der Waals surface area (Å²) in [6.07, 6.45) is 4.83. The first kappa shape index (κ1) is 15.4. The van der Waals surface area contributed by atoms with Crippen molar-refractivity contribution in [3.63, 3.8) is 0 Å². The lowest BCUT2D eigenvalue weighted by Gasteiger charge is -2.35. The summed E-state index contributed by atoms with van der Waals surface area (Å²) < 4.78 is 0. The van der Waals surface area contributed by atoms with E-state index in [0.717, 1.165) is 19.6 Å². The summed E-state index contributed by atoms with van der Waals surface area (Å²) in [6.45, 7) is 7.06. The molecule has 0 radical (unpaired) electrons. The average Bonchev–Trinajstić information content (AvgIpc) is 2.51. The number of aryl methyl sites for hydroxylation is 1. The molecule has 1 aromatic rings. The van der Waals surface area contributed by atoms with Gasteiger partial charge in [-0.25, -0.2) is 4.79 Å². The molecule has 0 spiro atoms. The fourth-order valence-electron chi connectivity index (χ4n) is 4.22. The normalized spacial score (nSPS) is 28.1. The van der Waals surface area contributed by atoms with Crippen LogP contribution in [-0.2, 0) is 6.42 Å². The number of benzene rings is 1. The number of fused-ring (bicyclic) bond motifs is 1. The molecule has 1 saturated heterocycles. The molecule has 3 rings (SSSR count). The van der Waals surface area contributed by atoms with Gasteiger partial charge < -0.3 is 10.2 Å². The Balaban J connectivity index is 1.58. The number of nitrogens with one attached hydrogen (secondary N) is 1. The number of piperidine rings is 1. The van der Waals surface area contributed by atoms with Gasteiger partial charge in [0.2, 0.25) is 0 Å². The Morgan fingerprint density at radius 1 is 1.23 bits per heavy atom. The van der Waals surface area contributed by atoms with Gasteiger partial charge in [0.1, 0.15) is 0 Å². The number of amides is 2. The van der Waals surface area contributed by atoms with E-state index < -0.39 is 0 Å².